The van der Waals surface area contributed by atoms with E-state index in [9.17, 15) is 12.8 Å². The lowest BCUT2D eigenvalue weighted by atomic mass is 10.2. The number of rotatable bonds is 3. The molecular formula is C13H9Cl2FO3S. The van der Waals surface area contributed by atoms with Crippen LogP contribution in [0.4, 0.5) is 4.39 Å². The van der Waals surface area contributed by atoms with Gasteiger partial charge in [-0.25, -0.2) is 4.39 Å². The molecule has 0 N–H and O–H groups in total. The van der Waals surface area contributed by atoms with Gasteiger partial charge in [0.2, 0.25) is 0 Å². The van der Waals surface area contributed by atoms with Crippen molar-refractivity contribution >= 4 is 33.3 Å². The molecule has 0 saturated carbocycles. The van der Waals surface area contributed by atoms with Gasteiger partial charge in [0, 0.05) is 0 Å². The molecule has 20 heavy (non-hydrogen) atoms. The minimum atomic E-state index is -4.06. The largest absolute Gasteiger partial charge is 0.379 e. The Morgan fingerprint density at radius 1 is 1.05 bits per heavy atom. The third-order valence-electron chi connectivity index (χ3n) is 2.51. The molecule has 2 rings (SSSR count). The van der Waals surface area contributed by atoms with E-state index in [-0.39, 0.29) is 20.7 Å². The average molecular weight is 335 g/mol. The van der Waals surface area contributed by atoms with Gasteiger partial charge < -0.3 is 4.18 Å². The first kappa shape index (κ1) is 15.1. The summed E-state index contributed by atoms with van der Waals surface area (Å²) in [7, 11) is -4.06. The maximum absolute atomic E-state index is 12.8. The van der Waals surface area contributed by atoms with Gasteiger partial charge in [0.25, 0.3) is 0 Å². The molecule has 0 saturated heterocycles. The van der Waals surface area contributed by atoms with E-state index in [4.69, 9.17) is 27.4 Å². The zero-order valence-corrected chi connectivity index (χ0v) is 12.6. The van der Waals surface area contributed by atoms with E-state index >= 15 is 0 Å². The normalized spacial score (nSPS) is 11.4. The Morgan fingerprint density at radius 2 is 1.60 bits per heavy atom. The number of halogens is 3. The summed E-state index contributed by atoms with van der Waals surface area (Å²) in [5, 5.41) is 0.364. The molecule has 0 atom stereocenters. The number of hydrogen-bond donors (Lipinski definition) is 0. The van der Waals surface area contributed by atoms with Gasteiger partial charge in [-0.05, 0) is 48.9 Å². The lowest BCUT2D eigenvalue weighted by molar-refractivity contribution is 0.484. The van der Waals surface area contributed by atoms with Crippen molar-refractivity contribution in [3.05, 3.63) is 57.8 Å². The van der Waals surface area contributed by atoms with Crippen molar-refractivity contribution in [2.45, 2.75) is 11.8 Å². The Balaban J connectivity index is 2.40. The molecule has 0 aliphatic heterocycles. The fourth-order valence-electron chi connectivity index (χ4n) is 1.56. The molecule has 0 radical (unpaired) electrons. The molecule has 0 aliphatic carbocycles. The highest BCUT2D eigenvalue weighted by molar-refractivity contribution is 7.87. The molecule has 106 valence electrons. The molecule has 0 heterocycles. The van der Waals surface area contributed by atoms with Crippen LogP contribution >= 0.6 is 23.2 Å². The van der Waals surface area contributed by atoms with Crippen LogP contribution in [0.2, 0.25) is 10.0 Å². The zero-order chi connectivity index (χ0) is 14.9. The van der Waals surface area contributed by atoms with Gasteiger partial charge in [-0.1, -0.05) is 23.2 Å². The van der Waals surface area contributed by atoms with Crippen molar-refractivity contribution in [3.63, 3.8) is 0 Å². The van der Waals surface area contributed by atoms with Gasteiger partial charge in [-0.3, -0.25) is 0 Å². The van der Waals surface area contributed by atoms with E-state index in [0.717, 1.165) is 12.1 Å². The van der Waals surface area contributed by atoms with Crippen molar-refractivity contribution in [1.29, 1.82) is 0 Å². The third kappa shape index (κ3) is 3.23. The van der Waals surface area contributed by atoms with Crippen molar-refractivity contribution in [3.8, 4) is 5.75 Å². The number of benzene rings is 2. The Kier molecular flexibility index (Phi) is 4.22. The maximum atomic E-state index is 12.8. The molecule has 2 aromatic rings. The van der Waals surface area contributed by atoms with Crippen molar-refractivity contribution in [2.75, 3.05) is 0 Å². The molecule has 2 aromatic carbocycles. The van der Waals surface area contributed by atoms with Crippen LogP contribution in [0.3, 0.4) is 0 Å². The highest BCUT2D eigenvalue weighted by Gasteiger charge is 2.21. The smallest absolute Gasteiger partial charge is 0.339 e. The van der Waals surface area contributed by atoms with Crippen molar-refractivity contribution in [1.82, 2.24) is 0 Å². The second-order valence-corrected chi connectivity index (χ2v) is 6.35. The Labute approximate surface area is 126 Å². The first-order valence-corrected chi connectivity index (χ1v) is 7.62. The summed E-state index contributed by atoms with van der Waals surface area (Å²) in [5.74, 6) is -0.475. The van der Waals surface area contributed by atoms with Gasteiger partial charge >= 0.3 is 10.1 Å². The summed E-state index contributed by atoms with van der Waals surface area (Å²) in [5.41, 5.74) is 0.404. The molecule has 0 unspecified atom stereocenters. The van der Waals surface area contributed by atoms with Crippen LogP contribution in [0, 0.1) is 12.7 Å². The van der Waals surface area contributed by atoms with Gasteiger partial charge in [0.1, 0.15) is 16.5 Å². The first-order valence-electron chi connectivity index (χ1n) is 5.45. The minimum absolute atomic E-state index is 0.0110. The predicted octanol–water partition coefficient (Wildman–Crippen LogP) is 4.21. The molecule has 0 amide bonds. The molecular weight excluding hydrogens is 326 g/mol. The van der Waals surface area contributed by atoms with E-state index in [1.807, 2.05) is 0 Å². The van der Waals surface area contributed by atoms with E-state index in [2.05, 4.69) is 0 Å². The second kappa shape index (κ2) is 5.60. The van der Waals surface area contributed by atoms with Crippen LogP contribution < -0.4 is 4.18 Å². The molecule has 3 nitrogen and oxygen atoms in total. The molecule has 0 bridgehead atoms. The van der Waals surface area contributed by atoms with E-state index in [1.165, 1.54) is 24.3 Å². The van der Waals surface area contributed by atoms with Gasteiger partial charge in [0.05, 0.1) is 10.0 Å². The fraction of sp³-hybridized carbons (Fsp3) is 0.0769. The molecule has 7 heteroatoms. The highest BCUT2D eigenvalue weighted by Crippen LogP contribution is 2.29. The van der Waals surface area contributed by atoms with E-state index < -0.39 is 15.9 Å². The lowest BCUT2D eigenvalue weighted by Gasteiger charge is -2.10. The van der Waals surface area contributed by atoms with Crippen molar-refractivity contribution in [2.24, 2.45) is 0 Å². The Hall–Kier alpha value is -1.30. The van der Waals surface area contributed by atoms with Crippen LogP contribution in [0.5, 0.6) is 5.75 Å². The maximum Gasteiger partial charge on any atom is 0.339 e. The molecule has 0 fully saturated rings. The number of hydrogen-bond acceptors (Lipinski definition) is 3. The third-order valence-corrected chi connectivity index (χ3v) is 4.62. The minimum Gasteiger partial charge on any atom is -0.379 e. The van der Waals surface area contributed by atoms with Crippen LogP contribution in [-0.4, -0.2) is 8.42 Å². The summed E-state index contributed by atoms with van der Waals surface area (Å²) in [4.78, 5) is -0.0868. The SMILES string of the molecule is Cc1cc(Cl)c(Cl)cc1S(=O)(=O)Oc1ccc(F)cc1. The monoisotopic (exact) mass is 334 g/mol. The predicted molar refractivity (Wildman–Crippen MR) is 75.4 cm³/mol. The summed E-state index contributed by atoms with van der Waals surface area (Å²) in [6.45, 7) is 1.57. The van der Waals surface area contributed by atoms with Crippen LogP contribution in [0.15, 0.2) is 41.3 Å². The summed E-state index contributed by atoms with van der Waals surface area (Å²) >= 11 is 11.6. The van der Waals surface area contributed by atoms with E-state index in [1.54, 1.807) is 6.92 Å². The van der Waals surface area contributed by atoms with Crippen LogP contribution in [0.1, 0.15) is 5.56 Å². The molecule has 0 aromatic heterocycles. The topological polar surface area (TPSA) is 43.4 Å². The lowest BCUT2D eigenvalue weighted by Crippen LogP contribution is -2.11. The zero-order valence-electron chi connectivity index (χ0n) is 10.2. The quantitative estimate of drug-likeness (QED) is 0.789. The highest BCUT2D eigenvalue weighted by atomic mass is 35.5. The van der Waals surface area contributed by atoms with Crippen LogP contribution in [-0.2, 0) is 10.1 Å². The second-order valence-electron chi connectivity index (χ2n) is 4.02. The molecule has 0 aliphatic rings. The van der Waals surface area contributed by atoms with E-state index in [0.29, 0.717) is 5.56 Å². The van der Waals surface area contributed by atoms with Gasteiger partial charge in [-0.2, -0.15) is 8.42 Å². The standard InChI is InChI=1S/C13H9Cl2FO3S/c1-8-6-11(14)12(15)7-13(8)20(17,18)19-10-4-2-9(16)3-5-10/h2-7H,1H3. The number of aryl methyl sites for hydroxylation is 1. The fourth-order valence-corrected chi connectivity index (χ4v) is 3.18. The summed E-state index contributed by atoms with van der Waals surface area (Å²) in [6, 6.07) is 7.31. The van der Waals surface area contributed by atoms with Gasteiger partial charge in [-0.15, -0.1) is 0 Å². The first-order chi connectivity index (χ1) is 9.29. The van der Waals surface area contributed by atoms with Crippen molar-refractivity contribution < 1.29 is 17.0 Å². The van der Waals surface area contributed by atoms with Gasteiger partial charge in [0.15, 0.2) is 0 Å². The molecule has 0 spiro atoms. The Bertz CT molecular complexity index is 743. The summed E-state index contributed by atoms with van der Waals surface area (Å²) < 4.78 is 42.0. The summed E-state index contributed by atoms with van der Waals surface area (Å²) in [6.07, 6.45) is 0. The Morgan fingerprint density at radius 3 is 2.20 bits per heavy atom. The average Bonchev–Trinajstić information content (AvgIpc) is 2.36. The van der Waals surface area contributed by atoms with Crippen LogP contribution in [0.25, 0.3) is 0 Å².